The van der Waals surface area contributed by atoms with Gasteiger partial charge in [-0.1, -0.05) is 6.07 Å². The molecule has 3 atom stereocenters. The minimum Gasteiger partial charge on any atom is -0.364 e. The van der Waals surface area contributed by atoms with Crippen LogP contribution in [0.1, 0.15) is 46.2 Å². The Kier molecular flexibility index (Phi) is 3.27. The highest BCUT2D eigenvalue weighted by Gasteiger charge is 2.87. The zero-order valence-electron chi connectivity index (χ0n) is 17.0. The van der Waals surface area contributed by atoms with Crippen molar-refractivity contribution in [3.8, 4) is 17.2 Å². The Labute approximate surface area is 185 Å². The predicted molar refractivity (Wildman–Crippen MR) is 110 cm³/mol. The second kappa shape index (κ2) is 5.83. The largest absolute Gasteiger partial charge is 0.364 e. The molecule has 0 aliphatic heterocycles. The molecular formula is C23H15F2N7O. The predicted octanol–water partition coefficient (Wildman–Crippen LogP) is 2.67. The number of hydrogen-bond donors (Lipinski definition) is 1. The maximum absolute atomic E-state index is 14.3. The number of carbonyl (C=O) groups is 1. The van der Waals surface area contributed by atoms with E-state index in [2.05, 4.69) is 20.2 Å². The lowest BCUT2D eigenvalue weighted by Gasteiger charge is -2.17. The van der Waals surface area contributed by atoms with E-state index in [1.165, 1.54) is 30.7 Å². The lowest BCUT2D eigenvalue weighted by molar-refractivity contribution is 0.0996. The van der Waals surface area contributed by atoms with Crippen molar-refractivity contribution in [3.05, 3.63) is 83.3 Å². The topological polar surface area (TPSA) is 112 Å². The molecule has 7 rings (SSSR count). The molecule has 2 saturated carbocycles. The molecular weight excluding hydrogens is 428 g/mol. The molecule has 2 N–H and O–H groups in total. The van der Waals surface area contributed by atoms with Crippen LogP contribution in [0.4, 0.5) is 8.78 Å². The zero-order chi connectivity index (χ0) is 22.5. The third kappa shape index (κ3) is 2.22. The standard InChI is InChI=1S/C23H15F2N7O/c24-13-2-1-3-14(25)18(13)15-6-11-12-7-22(12)9-23(22,19(11)31-30-15)17-4-5-27-21(29-17)32-8-16(20(26)33)28-10-32/h1-6,8,10,12H,7,9H2,(H2,26,33)/t12-,22?,23-/m0/s1. The number of nitrogens with zero attached hydrogens (tertiary/aromatic N) is 6. The fraction of sp³-hybridized carbons (Fsp3) is 0.217. The van der Waals surface area contributed by atoms with Crippen molar-refractivity contribution in [3.63, 3.8) is 0 Å². The molecule has 0 radical (unpaired) electrons. The summed E-state index contributed by atoms with van der Waals surface area (Å²) in [6.07, 6.45) is 6.46. The molecule has 1 aromatic carbocycles. The highest BCUT2D eigenvalue weighted by Crippen LogP contribution is 2.91. The molecule has 1 amide bonds. The van der Waals surface area contributed by atoms with Gasteiger partial charge in [-0.3, -0.25) is 9.36 Å². The lowest BCUT2D eigenvalue weighted by Crippen LogP contribution is -2.18. The number of amides is 1. The van der Waals surface area contributed by atoms with Crippen LogP contribution in [-0.4, -0.2) is 35.6 Å². The van der Waals surface area contributed by atoms with Crippen LogP contribution in [0.2, 0.25) is 0 Å². The number of carbonyl (C=O) groups excluding carboxylic acids is 1. The molecule has 3 aromatic heterocycles. The third-order valence-electron chi connectivity index (χ3n) is 7.35. The fourth-order valence-corrected chi connectivity index (χ4v) is 5.73. The van der Waals surface area contributed by atoms with Crippen molar-refractivity contribution < 1.29 is 13.6 Å². The number of benzene rings is 1. The van der Waals surface area contributed by atoms with Gasteiger partial charge in [-0.2, -0.15) is 5.10 Å². The van der Waals surface area contributed by atoms with Crippen molar-refractivity contribution in [1.82, 2.24) is 29.7 Å². The molecule has 10 heteroatoms. The van der Waals surface area contributed by atoms with Crippen molar-refractivity contribution in [1.29, 1.82) is 0 Å². The fourth-order valence-electron chi connectivity index (χ4n) is 5.73. The van der Waals surface area contributed by atoms with Crippen molar-refractivity contribution in [2.45, 2.75) is 24.2 Å². The minimum absolute atomic E-state index is 0.0232. The number of fused-ring (bicyclic) bond motifs is 3. The van der Waals surface area contributed by atoms with E-state index in [0.29, 0.717) is 5.95 Å². The highest BCUT2D eigenvalue weighted by molar-refractivity contribution is 5.90. The smallest absolute Gasteiger partial charge is 0.268 e. The molecule has 3 heterocycles. The van der Waals surface area contributed by atoms with Crippen LogP contribution in [0.15, 0.2) is 49.1 Å². The number of hydrogen-bond acceptors (Lipinski definition) is 6. The molecule has 0 saturated heterocycles. The van der Waals surface area contributed by atoms with Gasteiger partial charge in [0.2, 0.25) is 5.95 Å². The van der Waals surface area contributed by atoms with E-state index in [9.17, 15) is 13.6 Å². The second-order valence-corrected chi connectivity index (χ2v) is 8.90. The van der Waals surface area contributed by atoms with Crippen molar-refractivity contribution in [2.75, 3.05) is 0 Å². The monoisotopic (exact) mass is 443 g/mol. The summed E-state index contributed by atoms with van der Waals surface area (Å²) in [4.78, 5) is 24.4. The molecule has 4 aromatic rings. The van der Waals surface area contributed by atoms with Gasteiger partial charge in [-0.15, -0.1) is 5.10 Å². The summed E-state index contributed by atoms with van der Waals surface area (Å²) in [5, 5.41) is 8.68. The maximum Gasteiger partial charge on any atom is 0.268 e. The van der Waals surface area contributed by atoms with Crippen LogP contribution in [-0.2, 0) is 5.41 Å². The van der Waals surface area contributed by atoms with Crippen LogP contribution in [0.5, 0.6) is 0 Å². The Balaban J connectivity index is 1.32. The van der Waals surface area contributed by atoms with Gasteiger partial charge in [0.25, 0.3) is 5.91 Å². The van der Waals surface area contributed by atoms with Gasteiger partial charge < -0.3 is 5.73 Å². The van der Waals surface area contributed by atoms with Gasteiger partial charge in [0.15, 0.2) is 0 Å². The first-order valence-electron chi connectivity index (χ1n) is 10.4. The van der Waals surface area contributed by atoms with E-state index in [4.69, 9.17) is 10.7 Å². The van der Waals surface area contributed by atoms with Crippen LogP contribution >= 0.6 is 0 Å². The van der Waals surface area contributed by atoms with Gasteiger partial charge in [-0.25, -0.2) is 23.7 Å². The molecule has 3 aliphatic carbocycles. The molecule has 8 nitrogen and oxygen atoms in total. The number of aromatic nitrogens is 6. The van der Waals surface area contributed by atoms with E-state index in [1.807, 2.05) is 6.07 Å². The van der Waals surface area contributed by atoms with Crippen molar-refractivity contribution >= 4 is 5.91 Å². The van der Waals surface area contributed by atoms with Gasteiger partial charge in [0, 0.05) is 12.4 Å². The van der Waals surface area contributed by atoms with Gasteiger partial charge in [0.1, 0.15) is 23.7 Å². The summed E-state index contributed by atoms with van der Waals surface area (Å²) >= 11 is 0. The van der Waals surface area contributed by atoms with Crippen LogP contribution in [0.25, 0.3) is 17.2 Å². The van der Waals surface area contributed by atoms with Crippen molar-refractivity contribution in [2.24, 2.45) is 11.1 Å². The van der Waals surface area contributed by atoms with Crippen LogP contribution in [0, 0.1) is 17.0 Å². The summed E-state index contributed by atoms with van der Waals surface area (Å²) in [7, 11) is 0. The Hall–Kier alpha value is -4.08. The molecule has 33 heavy (non-hydrogen) atoms. The lowest BCUT2D eigenvalue weighted by atomic mass is 9.93. The first-order valence-corrected chi connectivity index (χ1v) is 10.4. The van der Waals surface area contributed by atoms with E-state index in [0.717, 1.165) is 29.8 Å². The Morgan fingerprint density at radius 1 is 1.15 bits per heavy atom. The SMILES string of the molecule is NC(=O)c1cn(-c2nccc([C@]34CC35C[C@H]5c3cc(-c5c(F)cccc5F)nnc34)n2)cn1. The molecule has 1 unspecified atom stereocenters. The quantitative estimate of drug-likeness (QED) is 0.519. The second-order valence-electron chi connectivity index (χ2n) is 8.90. The third-order valence-corrected chi connectivity index (χ3v) is 7.35. The van der Waals surface area contributed by atoms with Gasteiger partial charge >= 0.3 is 0 Å². The zero-order valence-corrected chi connectivity index (χ0v) is 17.0. The van der Waals surface area contributed by atoms with E-state index < -0.39 is 23.0 Å². The van der Waals surface area contributed by atoms with E-state index >= 15 is 0 Å². The van der Waals surface area contributed by atoms with E-state index in [-0.39, 0.29) is 28.3 Å². The average Bonchev–Trinajstić information content (AvgIpc) is 3.60. The number of imidazole rings is 1. The Morgan fingerprint density at radius 3 is 2.73 bits per heavy atom. The van der Waals surface area contributed by atoms with Gasteiger partial charge in [0.05, 0.1) is 28.1 Å². The van der Waals surface area contributed by atoms with Crippen LogP contribution in [0.3, 0.4) is 0 Å². The summed E-state index contributed by atoms with van der Waals surface area (Å²) in [6, 6.07) is 7.39. The Bertz CT molecular complexity index is 1500. The normalized spacial score (nSPS) is 25.8. The first-order chi connectivity index (χ1) is 15.9. The van der Waals surface area contributed by atoms with Crippen LogP contribution < -0.4 is 5.73 Å². The molecule has 0 bridgehead atoms. The first kappa shape index (κ1) is 18.5. The summed E-state index contributed by atoms with van der Waals surface area (Å²) in [6.45, 7) is 0. The van der Waals surface area contributed by atoms with Gasteiger partial charge in [-0.05, 0) is 54.0 Å². The number of nitrogens with two attached hydrogens (primary N) is 1. The maximum atomic E-state index is 14.3. The molecule has 3 aliphatic rings. The number of rotatable bonds is 4. The molecule has 162 valence electrons. The molecule has 2 fully saturated rings. The highest BCUT2D eigenvalue weighted by atomic mass is 19.1. The number of primary amides is 1. The summed E-state index contributed by atoms with van der Waals surface area (Å²) in [5.41, 5.74) is 7.68. The Morgan fingerprint density at radius 2 is 1.97 bits per heavy atom. The molecule has 1 spiro atoms. The average molecular weight is 443 g/mol. The number of halogens is 2. The summed E-state index contributed by atoms with van der Waals surface area (Å²) in [5.74, 6) is -1.32. The summed E-state index contributed by atoms with van der Waals surface area (Å²) < 4.78 is 30.2. The van der Waals surface area contributed by atoms with E-state index in [1.54, 1.807) is 16.8 Å². The minimum atomic E-state index is -0.663.